The van der Waals surface area contributed by atoms with Crippen LogP contribution < -0.4 is 0 Å². The molecule has 76 valence electrons. The van der Waals surface area contributed by atoms with E-state index in [1.165, 1.54) is 6.07 Å². The van der Waals surface area contributed by atoms with Crippen molar-refractivity contribution in [3.8, 4) is 0 Å². The van der Waals surface area contributed by atoms with Gasteiger partial charge in [-0.05, 0) is 24.6 Å². The third kappa shape index (κ3) is 1.35. The second kappa shape index (κ2) is 3.19. The predicted molar refractivity (Wildman–Crippen MR) is 56.9 cm³/mol. The van der Waals surface area contributed by atoms with Crippen molar-refractivity contribution in [1.82, 2.24) is 0 Å². The van der Waals surface area contributed by atoms with Crippen LogP contribution in [0.15, 0.2) is 33.9 Å². The van der Waals surface area contributed by atoms with Crippen molar-refractivity contribution in [3.63, 3.8) is 0 Å². The molecule has 1 aliphatic rings. The minimum absolute atomic E-state index is 0.203. The number of furan rings is 1. The minimum atomic E-state index is -0.209. The van der Waals surface area contributed by atoms with E-state index in [9.17, 15) is 4.39 Å². The summed E-state index contributed by atoms with van der Waals surface area (Å²) >= 11 is 0. The number of hydrogen-bond donors (Lipinski definition) is 0. The van der Waals surface area contributed by atoms with Crippen LogP contribution in [-0.2, 0) is 0 Å². The molecule has 0 saturated heterocycles. The van der Waals surface area contributed by atoms with E-state index in [0.717, 1.165) is 29.5 Å². The predicted octanol–water partition coefficient (Wildman–Crippen LogP) is 3.13. The lowest BCUT2D eigenvalue weighted by molar-refractivity contribution is 0.600. The van der Waals surface area contributed by atoms with E-state index < -0.39 is 0 Å². The summed E-state index contributed by atoms with van der Waals surface area (Å²) < 4.78 is 18.7. The fourth-order valence-electron chi connectivity index (χ4n) is 2.07. The van der Waals surface area contributed by atoms with Gasteiger partial charge in [0.05, 0.1) is 6.26 Å². The van der Waals surface area contributed by atoms with Gasteiger partial charge in [0.2, 0.25) is 0 Å². The van der Waals surface area contributed by atoms with Crippen molar-refractivity contribution < 1.29 is 8.81 Å². The largest absolute Gasteiger partial charge is 0.464 e. The maximum absolute atomic E-state index is 13.3. The van der Waals surface area contributed by atoms with Crippen LogP contribution in [0.5, 0.6) is 0 Å². The van der Waals surface area contributed by atoms with E-state index in [2.05, 4.69) is 4.99 Å². The molecule has 0 radical (unpaired) electrons. The van der Waals surface area contributed by atoms with Crippen LogP contribution in [0, 0.1) is 5.82 Å². The summed E-state index contributed by atoms with van der Waals surface area (Å²) in [6, 6.07) is 4.83. The van der Waals surface area contributed by atoms with Gasteiger partial charge in [-0.2, -0.15) is 0 Å². The van der Waals surface area contributed by atoms with Gasteiger partial charge in [0.25, 0.3) is 0 Å². The molecular formula is C12H10FNO. The Morgan fingerprint density at radius 2 is 2.33 bits per heavy atom. The third-order valence-corrected chi connectivity index (χ3v) is 2.80. The molecule has 15 heavy (non-hydrogen) atoms. The summed E-state index contributed by atoms with van der Waals surface area (Å²) in [6.07, 6.45) is 4.43. The monoisotopic (exact) mass is 203 g/mol. The van der Waals surface area contributed by atoms with Crippen LogP contribution in [-0.4, -0.2) is 12.8 Å². The lowest BCUT2D eigenvalue weighted by Gasteiger charge is -2.07. The van der Waals surface area contributed by atoms with Crippen LogP contribution >= 0.6 is 0 Å². The fourth-order valence-corrected chi connectivity index (χ4v) is 2.07. The molecule has 0 amide bonds. The normalized spacial score (nSPS) is 20.2. The lowest BCUT2D eigenvalue weighted by atomic mass is 9.97. The molecule has 3 heteroatoms. The maximum Gasteiger partial charge on any atom is 0.137 e. The Morgan fingerprint density at radius 1 is 1.40 bits per heavy atom. The van der Waals surface area contributed by atoms with Gasteiger partial charge >= 0.3 is 0 Å². The van der Waals surface area contributed by atoms with Crippen molar-refractivity contribution in [2.75, 3.05) is 6.54 Å². The molecule has 1 aromatic heterocycles. The molecule has 2 heterocycles. The van der Waals surface area contributed by atoms with Crippen molar-refractivity contribution in [2.24, 2.45) is 4.99 Å². The molecule has 0 bridgehead atoms. The summed E-state index contributed by atoms with van der Waals surface area (Å²) in [4.78, 5) is 4.17. The second-order valence-corrected chi connectivity index (χ2v) is 3.78. The highest BCUT2D eigenvalue weighted by molar-refractivity contribution is 5.85. The van der Waals surface area contributed by atoms with Crippen LogP contribution in [0.3, 0.4) is 0 Å². The molecule has 0 N–H and O–H groups in total. The molecule has 0 saturated carbocycles. The van der Waals surface area contributed by atoms with Gasteiger partial charge in [-0.1, -0.05) is 0 Å². The number of hydrogen-bond acceptors (Lipinski definition) is 2. The molecule has 0 aliphatic carbocycles. The smallest absolute Gasteiger partial charge is 0.137 e. The van der Waals surface area contributed by atoms with Crippen molar-refractivity contribution in [3.05, 3.63) is 35.8 Å². The molecule has 2 nitrogen and oxygen atoms in total. The molecular weight excluding hydrogens is 193 g/mol. The first-order valence-corrected chi connectivity index (χ1v) is 5.01. The molecule has 0 spiro atoms. The van der Waals surface area contributed by atoms with E-state index >= 15 is 0 Å². The Hall–Kier alpha value is -1.64. The van der Waals surface area contributed by atoms with Gasteiger partial charge in [0, 0.05) is 29.6 Å². The Morgan fingerprint density at radius 3 is 3.13 bits per heavy atom. The summed E-state index contributed by atoms with van der Waals surface area (Å²) in [5, 5.41) is 0.824. The number of halogens is 1. The summed E-state index contributed by atoms with van der Waals surface area (Å²) in [5.74, 6) is -0.00597. The first-order valence-electron chi connectivity index (χ1n) is 5.01. The van der Waals surface area contributed by atoms with Gasteiger partial charge in [-0.3, -0.25) is 4.99 Å². The van der Waals surface area contributed by atoms with Crippen molar-refractivity contribution in [1.29, 1.82) is 0 Å². The van der Waals surface area contributed by atoms with Gasteiger partial charge in [0.1, 0.15) is 11.4 Å². The Kier molecular flexibility index (Phi) is 1.84. The van der Waals surface area contributed by atoms with E-state index in [-0.39, 0.29) is 11.7 Å². The van der Waals surface area contributed by atoms with E-state index in [4.69, 9.17) is 4.42 Å². The lowest BCUT2D eigenvalue weighted by Crippen LogP contribution is -1.97. The first kappa shape index (κ1) is 8.65. The van der Waals surface area contributed by atoms with Crippen molar-refractivity contribution in [2.45, 2.75) is 12.3 Å². The van der Waals surface area contributed by atoms with Crippen LogP contribution in [0.25, 0.3) is 11.0 Å². The van der Waals surface area contributed by atoms with Gasteiger partial charge in [0.15, 0.2) is 0 Å². The minimum Gasteiger partial charge on any atom is -0.464 e. The average molecular weight is 203 g/mol. The molecule has 1 aromatic carbocycles. The molecule has 1 aliphatic heterocycles. The highest BCUT2D eigenvalue weighted by Crippen LogP contribution is 2.30. The highest BCUT2D eigenvalue weighted by Gasteiger charge is 2.18. The first-order chi connectivity index (χ1) is 7.34. The van der Waals surface area contributed by atoms with Crippen LogP contribution in [0.2, 0.25) is 0 Å². The van der Waals surface area contributed by atoms with Gasteiger partial charge in [-0.15, -0.1) is 0 Å². The van der Waals surface area contributed by atoms with E-state index in [1.54, 1.807) is 18.4 Å². The van der Waals surface area contributed by atoms with E-state index in [0.29, 0.717) is 0 Å². The number of fused-ring (bicyclic) bond motifs is 1. The van der Waals surface area contributed by atoms with Gasteiger partial charge in [-0.25, -0.2) is 4.39 Å². The molecule has 1 atom stereocenters. The third-order valence-electron chi connectivity index (χ3n) is 2.80. The Labute approximate surface area is 86.4 Å². The second-order valence-electron chi connectivity index (χ2n) is 3.78. The zero-order valence-electron chi connectivity index (χ0n) is 8.11. The van der Waals surface area contributed by atoms with Crippen LogP contribution in [0.4, 0.5) is 4.39 Å². The molecule has 0 fully saturated rings. The molecule has 2 aromatic rings. The van der Waals surface area contributed by atoms with E-state index in [1.807, 2.05) is 6.21 Å². The average Bonchev–Trinajstić information content (AvgIpc) is 2.86. The summed E-state index contributed by atoms with van der Waals surface area (Å²) in [5.41, 5.74) is 1.70. The zero-order chi connectivity index (χ0) is 10.3. The quantitative estimate of drug-likeness (QED) is 0.699. The van der Waals surface area contributed by atoms with Crippen LogP contribution in [0.1, 0.15) is 17.9 Å². The van der Waals surface area contributed by atoms with Gasteiger partial charge < -0.3 is 4.42 Å². The summed E-state index contributed by atoms with van der Waals surface area (Å²) in [7, 11) is 0. The highest BCUT2D eigenvalue weighted by atomic mass is 19.1. The number of aliphatic imine (C=N–C) groups is 1. The Bertz CT molecular complexity index is 529. The molecule has 3 rings (SSSR count). The maximum atomic E-state index is 13.3. The standard InChI is InChI=1S/C12H10FNO/c13-10-5-8-2-4-15-12(8)11(6-10)9-1-3-14-7-9/h2,4-7,9H,1,3H2. The zero-order valence-corrected chi connectivity index (χ0v) is 8.11. The number of rotatable bonds is 1. The topological polar surface area (TPSA) is 25.5 Å². The Balaban J connectivity index is 2.23. The SMILES string of the molecule is Fc1cc(C2C=NCC2)c2occc2c1. The molecule has 1 unspecified atom stereocenters. The fraction of sp³-hybridized carbons (Fsp3) is 0.250. The number of nitrogens with zero attached hydrogens (tertiary/aromatic N) is 1. The summed E-state index contributed by atoms with van der Waals surface area (Å²) in [6.45, 7) is 0.823. The number of benzene rings is 1. The van der Waals surface area contributed by atoms with Crippen molar-refractivity contribution >= 4 is 17.2 Å².